The third kappa shape index (κ3) is 4.65. The summed E-state index contributed by atoms with van der Waals surface area (Å²) >= 11 is 0. The van der Waals surface area contributed by atoms with Gasteiger partial charge in [-0.1, -0.05) is 182 Å². The smallest absolute Gasteiger partial charge is 0.133 e. The highest BCUT2D eigenvalue weighted by atomic mass is 15.2. The van der Waals surface area contributed by atoms with Crippen LogP contribution in [0, 0.1) is 0 Å². The first kappa shape index (κ1) is 32.7. The second kappa shape index (κ2) is 12.8. The van der Waals surface area contributed by atoms with E-state index in [1.54, 1.807) is 0 Å². The molecule has 9 aromatic carbocycles. The molecule has 1 N–H and O–H groups in total. The first-order chi connectivity index (χ1) is 28.8. The molecule has 3 nitrogen and oxygen atoms in total. The minimum atomic E-state index is -0.631. The van der Waals surface area contributed by atoms with Crippen LogP contribution < -0.4 is 10.2 Å². The van der Waals surface area contributed by atoms with Gasteiger partial charge >= 0.3 is 0 Å². The number of amidine groups is 1. The van der Waals surface area contributed by atoms with Gasteiger partial charge < -0.3 is 10.2 Å². The minimum absolute atomic E-state index is 0.221. The number of anilines is 3. The van der Waals surface area contributed by atoms with Crippen LogP contribution in [-0.4, -0.2) is 5.84 Å². The van der Waals surface area contributed by atoms with Crippen LogP contribution in [0.15, 0.2) is 217 Å². The summed E-state index contributed by atoms with van der Waals surface area (Å²) in [6.45, 7) is 0. The average molecular weight is 740 g/mol. The molecular weight excluding hydrogens is 703 g/mol. The van der Waals surface area contributed by atoms with Crippen molar-refractivity contribution in [3.05, 3.63) is 251 Å². The van der Waals surface area contributed by atoms with Gasteiger partial charge in [0.2, 0.25) is 0 Å². The number of nitrogens with one attached hydrogen (secondary N) is 1. The highest BCUT2D eigenvalue weighted by molar-refractivity contribution is 6.20. The molecular formula is C55H37N3. The molecule has 0 bridgehead atoms. The highest BCUT2D eigenvalue weighted by Crippen LogP contribution is 2.66. The normalized spacial score (nSPS) is 15.9. The maximum Gasteiger partial charge on any atom is 0.133 e. The second-order valence-electron chi connectivity index (χ2n) is 15.5. The molecule has 1 aliphatic carbocycles. The number of rotatable bonds is 4. The van der Waals surface area contributed by atoms with E-state index in [9.17, 15) is 0 Å². The molecule has 1 unspecified atom stereocenters. The lowest BCUT2D eigenvalue weighted by Gasteiger charge is -2.45. The Hall–Kier alpha value is -7.49. The molecule has 3 aliphatic rings. The summed E-state index contributed by atoms with van der Waals surface area (Å²) in [4.78, 5) is 7.92. The van der Waals surface area contributed by atoms with Crippen molar-refractivity contribution in [1.82, 2.24) is 5.32 Å². The van der Waals surface area contributed by atoms with E-state index in [2.05, 4.69) is 223 Å². The molecule has 272 valence electrons. The molecule has 0 fully saturated rings. The van der Waals surface area contributed by atoms with Crippen LogP contribution in [0.4, 0.5) is 17.1 Å². The predicted molar refractivity (Wildman–Crippen MR) is 240 cm³/mol. The molecule has 0 saturated carbocycles. The third-order valence-electron chi connectivity index (χ3n) is 12.5. The Labute approximate surface area is 337 Å². The molecule has 12 rings (SSSR count). The fourth-order valence-corrected chi connectivity index (χ4v) is 10.1. The summed E-state index contributed by atoms with van der Waals surface area (Å²) in [5, 5.41) is 8.81. The van der Waals surface area contributed by atoms with E-state index < -0.39 is 5.41 Å². The van der Waals surface area contributed by atoms with Crippen molar-refractivity contribution >= 4 is 50.1 Å². The Morgan fingerprint density at radius 1 is 0.466 bits per heavy atom. The van der Waals surface area contributed by atoms with Gasteiger partial charge in [0.15, 0.2) is 0 Å². The standard InChI is InChI=1S/C55H37N3/c1-4-18-36(19-5-1)48-35-49(57-54(56-48)37-20-6-2-7-21-37)38-32-33-44-47(34-38)55(53-43-27-13-11-25-41(43)40-24-10-12-26-42(40)52(44)53)45-28-14-16-30-50(45)58(39-22-8-3-9-23-39)51-31-17-15-29-46(51)55/h1-35,49H,(H,56,57). The van der Waals surface area contributed by atoms with Crippen LogP contribution in [0.3, 0.4) is 0 Å². The van der Waals surface area contributed by atoms with Gasteiger partial charge in [0.05, 0.1) is 22.8 Å². The van der Waals surface area contributed by atoms with E-state index in [-0.39, 0.29) is 6.04 Å². The van der Waals surface area contributed by atoms with Crippen molar-refractivity contribution in [2.75, 3.05) is 4.90 Å². The first-order valence-corrected chi connectivity index (χ1v) is 20.1. The zero-order chi connectivity index (χ0) is 38.2. The van der Waals surface area contributed by atoms with Gasteiger partial charge in [0.25, 0.3) is 0 Å². The van der Waals surface area contributed by atoms with Crippen molar-refractivity contribution in [3.63, 3.8) is 0 Å². The molecule has 0 saturated heterocycles. The second-order valence-corrected chi connectivity index (χ2v) is 15.5. The summed E-state index contributed by atoms with van der Waals surface area (Å²) in [6, 6.07) is 75.1. The average Bonchev–Trinajstić information content (AvgIpc) is 3.61. The zero-order valence-corrected chi connectivity index (χ0v) is 31.7. The van der Waals surface area contributed by atoms with Crippen LogP contribution in [0.5, 0.6) is 0 Å². The van der Waals surface area contributed by atoms with E-state index in [1.165, 1.54) is 66.3 Å². The molecule has 1 atom stereocenters. The quantitative estimate of drug-likeness (QED) is 0.182. The van der Waals surface area contributed by atoms with Crippen LogP contribution in [0.2, 0.25) is 0 Å². The predicted octanol–water partition coefficient (Wildman–Crippen LogP) is 13.3. The lowest BCUT2D eigenvalue weighted by atomic mass is 9.63. The summed E-state index contributed by atoms with van der Waals surface area (Å²) in [5.41, 5.74) is 15.1. The molecule has 0 amide bonds. The summed E-state index contributed by atoms with van der Waals surface area (Å²) in [6.07, 6.45) is 2.29. The van der Waals surface area contributed by atoms with Gasteiger partial charge in [-0.2, -0.15) is 0 Å². The maximum absolute atomic E-state index is 5.47. The van der Waals surface area contributed by atoms with Crippen molar-refractivity contribution in [2.24, 2.45) is 4.99 Å². The van der Waals surface area contributed by atoms with Gasteiger partial charge in [-0.25, -0.2) is 0 Å². The Morgan fingerprint density at radius 2 is 1.00 bits per heavy atom. The topological polar surface area (TPSA) is 27.6 Å². The Morgan fingerprint density at radius 3 is 1.67 bits per heavy atom. The molecule has 0 aromatic heterocycles. The maximum atomic E-state index is 5.47. The summed E-state index contributed by atoms with van der Waals surface area (Å²) < 4.78 is 0. The lowest BCUT2D eigenvalue weighted by molar-refractivity contribution is 0.754. The molecule has 2 aliphatic heterocycles. The van der Waals surface area contributed by atoms with Gasteiger partial charge in [0, 0.05) is 16.9 Å². The van der Waals surface area contributed by atoms with Crippen LogP contribution in [-0.2, 0) is 5.41 Å². The van der Waals surface area contributed by atoms with Crippen molar-refractivity contribution < 1.29 is 0 Å². The lowest BCUT2D eigenvalue weighted by Crippen LogP contribution is -2.36. The molecule has 1 spiro atoms. The number of para-hydroxylation sites is 3. The number of fused-ring (bicyclic) bond motifs is 14. The minimum Gasteiger partial charge on any atom is -0.340 e. The largest absolute Gasteiger partial charge is 0.340 e. The number of hydrogen-bond acceptors (Lipinski definition) is 3. The van der Waals surface area contributed by atoms with Gasteiger partial charge in [-0.15, -0.1) is 0 Å². The third-order valence-corrected chi connectivity index (χ3v) is 12.5. The number of aliphatic imine (C=N–C) groups is 1. The molecule has 58 heavy (non-hydrogen) atoms. The summed E-state index contributed by atoms with van der Waals surface area (Å²) in [5.74, 6) is 0.870. The van der Waals surface area contributed by atoms with E-state index in [1.807, 2.05) is 0 Å². The van der Waals surface area contributed by atoms with E-state index in [0.29, 0.717) is 0 Å². The zero-order valence-electron chi connectivity index (χ0n) is 31.7. The number of nitrogens with zero attached hydrogens (tertiary/aromatic N) is 2. The molecule has 2 heterocycles. The number of benzene rings is 9. The highest BCUT2D eigenvalue weighted by Gasteiger charge is 2.53. The number of hydrogen-bond donors (Lipinski definition) is 1. The Kier molecular flexibility index (Phi) is 7.21. The SMILES string of the molecule is C1=C(c2ccccc2)NC(c2ccccc2)=NC1c1ccc2c(c1)C1(c3ccccc3N(c3ccccc3)c3ccccc31)c1c-2c2ccccc2c2ccccc12. The summed E-state index contributed by atoms with van der Waals surface area (Å²) in [7, 11) is 0. The monoisotopic (exact) mass is 739 g/mol. The fraction of sp³-hybridized carbons (Fsp3) is 0.0364. The van der Waals surface area contributed by atoms with Gasteiger partial charge in [-0.05, 0) is 96.4 Å². The van der Waals surface area contributed by atoms with Crippen LogP contribution in [0.1, 0.15) is 45.0 Å². The van der Waals surface area contributed by atoms with Crippen molar-refractivity contribution in [1.29, 1.82) is 0 Å². The first-order valence-electron chi connectivity index (χ1n) is 20.1. The Bertz CT molecular complexity index is 3040. The Balaban J connectivity index is 1.20. The molecule has 0 radical (unpaired) electrons. The van der Waals surface area contributed by atoms with Gasteiger partial charge in [0.1, 0.15) is 5.84 Å². The van der Waals surface area contributed by atoms with Crippen molar-refractivity contribution in [2.45, 2.75) is 11.5 Å². The van der Waals surface area contributed by atoms with E-state index in [4.69, 9.17) is 4.99 Å². The van der Waals surface area contributed by atoms with E-state index >= 15 is 0 Å². The van der Waals surface area contributed by atoms with Crippen LogP contribution >= 0.6 is 0 Å². The molecule has 3 heteroatoms. The van der Waals surface area contributed by atoms with Gasteiger partial charge in [-0.3, -0.25) is 4.99 Å². The molecule has 9 aromatic rings. The van der Waals surface area contributed by atoms with E-state index in [0.717, 1.165) is 33.9 Å². The fourth-order valence-electron chi connectivity index (χ4n) is 10.1. The van der Waals surface area contributed by atoms with Crippen molar-refractivity contribution in [3.8, 4) is 11.1 Å². The van der Waals surface area contributed by atoms with Crippen LogP contribution in [0.25, 0.3) is 38.4 Å².